The highest BCUT2D eigenvalue weighted by Gasteiger charge is 2.21. The Morgan fingerprint density at radius 3 is 1.86 bits per heavy atom. The topological polar surface area (TPSA) is 38.8 Å². The van der Waals surface area contributed by atoms with E-state index in [4.69, 9.17) is 9.47 Å². The lowest BCUT2D eigenvalue weighted by Crippen LogP contribution is -2.30. The van der Waals surface area contributed by atoms with Gasteiger partial charge in [0.15, 0.2) is 0 Å². The Bertz CT molecular complexity index is 1270. The van der Waals surface area contributed by atoms with E-state index in [1.807, 2.05) is 102 Å². The van der Waals surface area contributed by atoms with Crippen LogP contribution in [0.1, 0.15) is 53.4 Å². The van der Waals surface area contributed by atoms with Gasteiger partial charge in [-0.3, -0.25) is 4.79 Å². The maximum absolute atomic E-state index is 13.8. The van der Waals surface area contributed by atoms with Gasteiger partial charge in [-0.25, -0.2) is 0 Å². The van der Waals surface area contributed by atoms with Gasteiger partial charge in [0.05, 0.1) is 7.11 Å². The van der Waals surface area contributed by atoms with Crippen molar-refractivity contribution in [2.24, 2.45) is 0 Å². The van der Waals surface area contributed by atoms with Gasteiger partial charge in [-0.15, -0.1) is 0 Å². The van der Waals surface area contributed by atoms with E-state index in [1.54, 1.807) is 7.11 Å². The molecule has 0 aliphatic heterocycles. The van der Waals surface area contributed by atoms with Crippen LogP contribution in [0.4, 0.5) is 0 Å². The van der Waals surface area contributed by atoms with Crippen LogP contribution in [0.25, 0.3) is 0 Å². The van der Waals surface area contributed by atoms with Crippen LogP contribution in [0.3, 0.4) is 0 Å². The largest absolute Gasteiger partial charge is 0.496 e. The Kier molecular flexibility index (Phi) is 8.29. The van der Waals surface area contributed by atoms with Gasteiger partial charge >= 0.3 is 0 Å². The van der Waals surface area contributed by atoms with E-state index >= 15 is 0 Å². The molecule has 0 aliphatic carbocycles. The summed E-state index contributed by atoms with van der Waals surface area (Å²) < 4.78 is 11.9. The summed E-state index contributed by atoms with van der Waals surface area (Å²) in [5.74, 6) is 1.50. The van der Waals surface area contributed by atoms with Gasteiger partial charge in [0.2, 0.25) is 0 Å². The molecule has 0 aliphatic rings. The lowest BCUT2D eigenvalue weighted by molar-refractivity contribution is 0.0729. The van der Waals surface area contributed by atoms with E-state index in [2.05, 4.69) is 26.8 Å². The van der Waals surface area contributed by atoms with Crippen LogP contribution in [0.5, 0.6) is 11.5 Å². The summed E-state index contributed by atoms with van der Waals surface area (Å²) in [6, 6.07) is 33.8. The summed E-state index contributed by atoms with van der Waals surface area (Å²) in [6.07, 6.45) is 0. The van der Waals surface area contributed by atoms with Gasteiger partial charge in [-0.05, 0) is 46.4 Å². The molecule has 0 atom stereocenters. The summed E-state index contributed by atoms with van der Waals surface area (Å²) in [5, 5.41) is 0. The fraction of sp³-hybridized carbons (Fsp3) is 0.242. The number of carbonyl (C=O) groups is 1. The van der Waals surface area contributed by atoms with Crippen molar-refractivity contribution in [3.8, 4) is 11.5 Å². The Hall–Kier alpha value is -4.05. The Balaban J connectivity index is 1.60. The van der Waals surface area contributed by atoms with Gasteiger partial charge in [-0.1, -0.05) is 99.6 Å². The third-order valence-electron chi connectivity index (χ3n) is 6.33. The third-order valence-corrected chi connectivity index (χ3v) is 6.33. The Labute approximate surface area is 220 Å². The number of hydrogen-bond acceptors (Lipinski definition) is 3. The van der Waals surface area contributed by atoms with Gasteiger partial charge in [0.25, 0.3) is 5.91 Å². The summed E-state index contributed by atoms with van der Waals surface area (Å²) in [5.41, 5.74) is 4.70. The number of benzene rings is 4. The smallest absolute Gasteiger partial charge is 0.254 e. The zero-order valence-electron chi connectivity index (χ0n) is 22.1. The zero-order valence-corrected chi connectivity index (χ0v) is 22.1. The average Bonchev–Trinajstić information content (AvgIpc) is 2.92. The fourth-order valence-electron chi connectivity index (χ4n) is 4.38. The Morgan fingerprint density at radius 1 is 0.730 bits per heavy atom. The average molecular weight is 494 g/mol. The molecule has 0 N–H and O–H groups in total. The minimum absolute atomic E-state index is 0.0355. The number of rotatable bonds is 9. The summed E-state index contributed by atoms with van der Waals surface area (Å²) >= 11 is 0. The van der Waals surface area contributed by atoms with Crippen LogP contribution >= 0.6 is 0 Å². The van der Waals surface area contributed by atoms with Crippen molar-refractivity contribution in [1.82, 2.24) is 4.90 Å². The van der Waals surface area contributed by atoms with Gasteiger partial charge in [0, 0.05) is 24.2 Å². The molecular formula is C33H35NO3. The summed E-state index contributed by atoms with van der Waals surface area (Å²) in [6.45, 7) is 7.85. The number of ether oxygens (including phenoxy) is 2. The second-order valence-corrected chi connectivity index (χ2v) is 10.2. The van der Waals surface area contributed by atoms with Gasteiger partial charge in [-0.2, -0.15) is 0 Å². The molecular weight excluding hydrogens is 458 g/mol. The highest BCUT2D eigenvalue weighted by atomic mass is 16.5. The molecule has 0 unspecified atom stereocenters. The third kappa shape index (κ3) is 6.79. The van der Waals surface area contributed by atoms with Crippen molar-refractivity contribution in [3.05, 3.63) is 131 Å². The number of methoxy groups -OCH3 is 1. The number of carbonyl (C=O) groups excluding carboxylic acids is 1. The van der Waals surface area contributed by atoms with Crippen LogP contribution in [-0.2, 0) is 25.1 Å². The maximum atomic E-state index is 13.8. The van der Waals surface area contributed by atoms with E-state index in [1.165, 1.54) is 0 Å². The van der Waals surface area contributed by atoms with Crippen LogP contribution in [0, 0.1) is 0 Å². The van der Waals surface area contributed by atoms with E-state index in [0.29, 0.717) is 31.0 Å². The molecule has 37 heavy (non-hydrogen) atoms. The minimum atomic E-state index is -0.0477. The lowest BCUT2D eigenvalue weighted by Gasteiger charge is -2.24. The molecule has 4 rings (SSSR count). The number of nitrogens with zero attached hydrogens (tertiary/aromatic N) is 1. The molecule has 0 fully saturated rings. The number of hydrogen-bond donors (Lipinski definition) is 0. The molecule has 0 radical (unpaired) electrons. The maximum Gasteiger partial charge on any atom is 0.254 e. The summed E-state index contributed by atoms with van der Waals surface area (Å²) in [4.78, 5) is 15.7. The van der Waals surface area contributed by atoms with E-state index in [9.17, 15) is 4.79 Å². The van der Waals surface area contributed by atoms with Crippen LogP contribution in [0.15, 0.2) is 103 Å². The first-order valence-corrected chi connectivity index (χ1v) is 12.6. The molecule has 190 valence electrons. The molecule has 0 saturated heterocycles. The van der Waals surface area contributed by atoms with E-state index in [-0.39, 0.29) is 11.3 Å². The molecule has 4 nitrogen and oxygen atoms in total. The molecule has 0 bridgehead atoms. The molecule has 4 aromatic carbocycles. The van der Waals surface area contributed by atoms with Crippen LogP contribution in [-0.4, -0.2) is 17.9 Å². The number of amides is 1. The quantitative estimate of drug-likeness (QED) is 0.244. The predicted octanol–water partition coefficient (Wildman–Crippen LogP) is 7.41. The first-order valence-electron chi connectivity index (χ1n) is 12.6. The highest BCUT2D eigenvalue weighted by molar-refractivity contribution is 5.94. The highest BCUT2D eigenvalue weighted by Crippen LogP contribution is 2.32. The van der Waals surface area contributed by atoms with Crippen LogP contribution < -0.4 is 9.47 Å². The van der Waals surface area contributed by atoms with Crippen molar-refractivity contribution in [3.63, 3.8) is 0 Å². The SMILES string of the molecule is COc1ccc(C(=O)N(Cc2ccccc2)Cc2ccccc2)cc1COc1ccccc1C(C)(C)C. The van der Waals surface area contributed by atoms with Gasteiger partial charge < -0.3 is 14.4 Å². The van der Waals surface area contributed by atoms with E-state index < -0.39 is 0 Å². The normalized spacial score (nSPS) is 11.1. The second-order valence-electron chi connectivity index (χ2n) is 10.2. The van der Waals surface area contributed by atoms with Crippen LogP contribution in [0.2, 0.25) is 0 Å². The van der Waals surface area contributed by atoms with Crippen molar-refractivity contribution in [2.45, 2.75) is 45.9 Å². The monoisotopic (exact) mass is 493 g/mol. The second kappa shape index (κ2) is 11.8. The molecule has 4 heteroatoms. The van der Waals surface area contributed by atoms with Crippen molar-refractivity contribution < 1.29 is 14.3 Å². The molecule has 0 aromatic heterocycles. The van der Waals surface area contributed by atoms with Gasteiger partial charge in [0.1, 0.15) is 18.1 Å². The number of para-hydroxylation sites is 1. The molecule has 0 spiro atoms. The molecule has 0 heterocycles. The minimum Gasteiger partial charge on any atom is -0.496 e. The van der Waals surface area contributed by atoms with Crippen molar-refractivity contribution >= 4 is 5.91 Å². The van der Waals surface area contributed by atoms with E-state index in [0.717, 1.165) is 28.0 Å². The summed E-state index contributed by atoms with van der Waals surface area (Å²) in [7, 11) is 1.64. The first-order chi connectivity index (χ1) is 17.8. The molecule has 0 saturated carbocycles. The predicted molar refractivity (Wildman–Crippen MR) is 149 cm³/mol. The lowest BCUT2D eigenvalue weighted by atomic mass is 9.86. The first kappa shape index (κ1) is 26.0. The zero-order chi connectivity index (χ0) is 26.3. The van der Waals surface area contributed by atoms with Crippen molar-refractivity contribution in [1.29, 1.82) is 0 Å². The fourth-order valence-corrected chi connectivity index (χ4v) is 4.38. The Morgan fingerprint density at radius 2 is 1.30 bits per heavy atom. The standard InChI is InChI=1S/C33H35NO3/c1-33(2,3)29-17-11-12-18-31(29)37-24-28-21-27(19-20-30(28)36-4)32(35)34(22-25-13-7-5-8-14-25)23-26-15-9-6-10-16-26/h5-21H,22-24H2,1-4H3. The molecule has 4 aromatic rings. The van der Waals surface area contributed by atoms with Crippen molar-refractivity contribution in [2.75, 3.05) is 7.11 Å². The molecule has 1 amide bonds.